The highest BCUT2D eigenvalue weighted by molar-refractivity contribution is 5.96. The van der Waals surface area contributed by atoms with E-state index >= 15 is 0 Å². The average molecular weight is 351 g/mol. The van der Waals surface area contributed by atoms with Crippen LogP contribution in [0.1, 0.15) is 28.8 Å². The Bertz CT molecular complexity index is 944. The smallest absolute Gasteiger partial charge is 0.349 e. The van der Waals surface area contributed by atoms with E-state index in [0.29, 0.717) is 18.7 Å². The Balaban J connectivity index is 1.45. The average Bonchev–Trinajstić information content (AvgIpc) is 2.65. The number of nitrogens with one attached hydrogen (secondary N) is 1. The lowest BCUT2D eigenvalue weighted by molar-refractivity contribution is 0.0949. The number of aryl methyl sites for hydroxylation is 1. The van der Waals surface area contributed by atoms with E-state index in [0.717, 1.165) is 24.0 Å². The number of carbonyl (C=O) groups is 1. The van der Waals surface area contributed by atoms with Gasteiger partial charge in [0.2, 0.25) is 0 Å². The zero-order valence-corrected chi connectivity index (χ0v) is 14.7. The fraction of sp³-hybridized carbons (Fsp3) is 0.238. The van der Waals surface area contributed by atoms with Crippen LogP contribution < -0.4 is 15.7 Å². The summed E-state index contributed by atoms with van der Waals surface area (Å²) in [4.78, 5) is 24.1. The van der Waals surface area contributed by atoms with Crippen LogP contribution in [0.4, 0.5) is 0 Å². The molecule has 2 aromatic carbocycles. The van der Waals surface area contributed by atoms with Gasteiger partial charge in [-0.15, -0.1) is 0 Å². The maximum absolute atomic E-state index is 12.2. The first kappa shape index (κ1) is 17.7. The SMILES string of the molecule is Cc1ccc(OCCCCNC(=O)c2cc3ccccc3oc2=O)cc1. The van der Waals surface area contributed by atoms with Gasteiger partial charge < -0.3 is 14.5 Å². The Hall–Kier alpha value is -3.08. The van der Waals surface area contributed by atoms with Gasteiger partial charge in [0.1, 0.15) is 16.9 Å². The molecule has 0 aliphatic heterocycles. The molecule has 1 amide bonds. The second-order valence-electron chi connectivity index (χ2n) is 6.11. The molecule has 3 aromatic rings. The Morgan fingerprint density at radius 1 is 1.08 bits per heavy atom. The van der Waals surface area contributed by atoms with Crippen LogP contribution >= 0.6 is 0 Å². The second kappa shape index (κ2) is 8.34. The Kier molecular flexibility index (Phi) is 5.69. The molecule has 0 bridgehead atoms. The first-order valence-electron chi connectivity index (χ1n) is 8.64. The van der Waals surface area contributed by atoms with Crippen molar-refractivity contribution in [2.75, 3.05) is 13.2 Å². The van der Waals surface area contributed by atoms with Crippen molar-refractivity contribution in [3.05, 3.63) is 76.1 Å². The van der Waals surface area contributed by atoms with Gasteiger partial charge in [-0.3, -0.25) is 4.79 Å². The molecule has 134 valence electrons. The minimum atomic E-state index is -0.621. The highest BCUT2D eigenvalue weighted by atomic mass is 16.5. The first-order valence-corrected chi connectivity index (χ1v) is 8.64. The maximum atomic E-state index is 12.2. The minimum absolute atomic E-state index is 0.0274. The lowest BCUT2D eigenvalue weighted by Crippen LogP contribution is -2.29. The summed E-state index contributed by atoms with van der Waals surface area (Å²) in [5.41, 5.74) is 1.07. The molecule has 1 aromatic heterocycles. The molecule has 5 heteroatoms. The summed E-state index contributed by atoms with van der Waals surface area (Å²) in [5.74, 6) is 0.428. The van der Waals surface area contributed by atoms with Gasteiger partial charge in [-0.2, -0.15) is 0 Å². The molecule has 26 heavy (non-hydrogen) atoms. The summed E-state index contributed by atoms with van der Waals surface area (Å²) in [6.45, 7) is 3.09. The van der Waals surface area contributed by atoms with E-state index in [1.807, 2.05) is 37.3 Å². The number of ether oxygens (including phenoxy) is 1. The van der Waals surface area contributed by atoms with Crippen LogP contribution in [0.15, 0.2) is 63.8 Å². The third kappa shape index (κ3) is 4.51. The molecule has 0 unspecified atom stereocenters. The molecular weight excluding hydrogens is 330 g/mol. The Morgan fingerprint density at radius 3 is 2.65 bits per heavy atom. The summed E-state index contributed by atoms with van der Waals surface area (Å²) < 4.78 is 10.8. The van der Waals surface area contributed by atoms with Crippen LogP contribution in [0.25, 0.3) is 11.0 Å². The van der Waals surface area contributed by atoms with Crippen molar-refractivity contribution in [1.29, 1.82) is 0 Å². The van der Waals surface area contributed by atoms with E-state index in [4.69, 9.17) is 9.15 Å². The molecule has 3 rings (SSSR count). The van der Waals surface area contributed by atoms with Crippen LogP contribution in [0.5, 0.6) is 5.75 Å². The molecule has 5 nitrogen and oxygen atoms in total. The van der Waals surface area contributed by atoms with Crippen LogP contribution in [-0.2, 0) is 0 Å². The third-order valence-corrected chi connectivity index (χ3v) is 4.03. The number of hydrogen-bond donors (Lipinski definition) is 1. The normalized spacial score (nSPS) is 10.7. The van der Waals surface area contributed by atoms with Gasteiger partial charge in [0, 0.05) is 11.9 Å². The number of amides is 1. The number of benzene rings is 2. The van der Waals surface area contributed by atoms with Gasteiger partial charge in [-0.1, -0.05) is 35.9 Å². The third-order valence-electron chi connectivity index (χ3n) is 4.03. The van der Waals surface area contributed by atoms with Crippen molar-refractivity contribution < 1.29 is 13.9 Å². The van der Waals surface area contributed by atoms with E-state index in [9.17, 15) is 9.59 Å². The molecule has 0 aliphatic carbocycles. The van der Waals surface area contributed by atoms with Crippen LogP contribution in [0, 0.1) is 6.92 Å². The molecule has 0 saturated carbocycles. The molecule has 1 heterocycles. The Labute approximate surface area is 151 Å². The number of para-hydroxylation sites is 1. The minimum Gasteiger partial charge on any atom is -0.494 e. The van der Waals surface area contributed by atoms with Gasteiger partial charge >= 0.3 is 5.63 Å². The number of unbranched alkanes of at least 4 members (excludes halogenated alkanes) is 1. The van der Waals surface area contributed by atoms with Crippen molar-refractivity contribution in [2.45, 2.75) is 19.8 Å². The molecule has 1 N–H and O–H groups in total. The van der Waals surface area contributed by atoms with Crippen molar-refractivity contribution in [1.82, 2.24) is 5.32 Å². The van der Waals surface area contributed by atoms with E-state index in [-0.39, 0.29) is 5.56 Å². The summed E-state index contributed by atoms with van der Waals surface area (Å²) in [7, 11) is 0. The van der Waals surface area contributed by atoms with Crippen molar-refractivity contribution in [3.63, 3.8) is 0 Å². The summed E-state index contributed by atoms with van der Waals surface area (Å²) >= 11 is 0. The number of carbonyl (C=O) groups excluding carboxylic acids is 1. The Morgan fingerprint density at radius 2 is 1.85 bits per heavy atom. The van der Waals surface area contributed by atoms with Gasteiger partial charge in [0.15, 0.2) is 0 Å². The van der Waals surface area contributed by atoms with Gasteiger partial charge in [0.25, 0.3) is 5.91 Å². The summed E-state index contributed by atoms with van der Waals surface area (Å²) in [5, 5.41) is 3.48. The van der Waals surface area contributed by atoms with Crippen LogP contribution in [-0.4, -0.2) is 19.1 Å². The number of hydrogen-bond acceptors (Lipinski definition) is 4. The van der Waals surface area contributed by atoms with Gasteiger partial charge in [-0.25, -0.2) is 4.79 Å². The molecule has 0 radical (unpaired) electrons. The lowest BCUT2D eigenvalue weighted by atomic mass is 10.2. The quantitative estimate of drug-likeness (QED) is 0.521. The molecule has 0 fully saturated rings. The molecular formula is C21H21NO4. The summed E-state index contributed by atoms with van der Waals surface area (Å²) in [6, 6.07) is 16.6. The van der Waals surface area contributed by atoms with Crippen molar-refractivity contribution in [3.8, 4) is 5.75 Å². The number of fused-ring (bicyclic) bond motifs is 1. The van der Waals surface area contributed by atoms with Crippen molar-refractivity contribution >= 4 is 16.9 Å². The zero-order chi connectivity index (χ0) is 18.4. The largest absolute Gasteiger partial charge is 0.494 e. The van der Waals surface area contributed by atoms with E-state index < -0.39 is 11.5 Å². The molecule has 0 saturated heterocycles. The molecule has 0 spiro atoms. The van der Waals surface area contributed by atoms with Gasteiger partial charge in [0.05, 0.1) is 6.61 Å². The fourth-order valence-electron chi connectivity index (χ4n) is 2.57. The topological polar surface area (TPSA) is 68.5 Å². The highest BCUT2D eigenvalue weighted by Crippen LogP contribution is 2.13. The standard InChI is InChI=1S/C21H21NO4/c1-15-8-10-17(11-9-15)25-13-5-4-12-22-20(23)18-14-16-6-2-3-7-19(16)26-21(18)24/h2-3,6-11,14H,4-5,12-13H2,1H3,(H,22,23). The van der Waals surface area contributed by atoms with E-state index in [1.54, 1.807) is 24.3 Å². The molecule has 0 aliphatic rings. The first-order chi connectivity index (χ1) is 12.6. The van der Waals surface area contributed by atoms with Crippen LogP contribution in [0.2, 0.25) is 0 Å². The predicted molar refractivity (Wildman–Crippen MR) is 101 cm³/mol. The zero-order valence-electron chi connectivity index (χ0n) is 14.7. The monoisotopic (exact) mass is 351 g/mol. The predicted octanol–water partition coefficient (Wildman–Crippen LogP) is 3.69. The van der Waals surface area contributed by atoms with E-state index in [2.05, 4.69) is 5.32 Å². The highest BCUT2D eigenvalue weighted by Gasteiger charge is 2.12. The number of rotatable bonds is 7. The van der Waals surface area contributed by atoms with Crippen LogP contribution in [0.3, 0.4) is 0 Å². The lowest BCUT2D eigenvalue weighted by Gasteiger charge is -2.07. The summed E-state index contributed by atoms with van der Waals surface area (Å²) in [6.07, 6.45) is 1.57. The van der Waals surface area contributed by atoms with E-state index in [1.165, 1.54) is 5.56 Å². The van der Waals surface area contributed by atoms with Crippen molar-refractivity contribution in [2.24, 2.45) is 0 Å². The fourth-order valence-corrected chi connectivity index (χ4v) is 2.57. The molecule has 0 atom stereocenters. The van der Waals surface area contributed by atoms with Gasteiger partial charge in [-0.05, 0) is 44.0 Å². The maximum Gasteiger partial charge on any atom is 0.349 e. The second-order valence-corrected chi connectivity index (χ2v) is 6.11.